The number of rotatable bonds is 15. The molecule has 0 saturated carbocycles. The Kier molecular flexibility index (Phi) is 24.9. The summed E-state index contributed by atoms with van der Waals surface area (Å²) >= 11 is 5.75. The lowest BCUT2D eigenvalue weighted by Crippen LogP contribution is -2.20. The van der Waals surface area contributed by atoms with Crippen molar-refractivity contribution in [3.8, 4) is 11.5 Å². The van der Waals surface area contributed by atoms with Crippen LogP contribution in [0.2, 0.25) is 5.02 Å². The summed E-state index contributed by atoms with van der Waals surface area (Å²) in [5.41, 5.74) is 0.0417. The van der Waals surface area contributed by atoms with Crippen LogP contribution in [0.3, 0.4) is 0 Å². The molecule has 0 saturated heterocycles. The third-order valence-corrected chi connectivity index (χ3v) is 5.68. The molecule has 9 nitrogen and oxygen atoms in total. The standard InChI is InChI=1S/C13H16ClNO3.C8H4F4O2.C5H11NO.C5H12O/c14-12-1-3-13(4-2-12)18-8-6-11(9-16)5-7-15-10-17;9-4-3-5(10)7(12)8(6(4)11)14-2-1-13;1-5(6-2)3-4-7;1-5(2,3)6-4/h1-4,9-11H,5-8H2,(H,15,17);1,3H,2H2;4-6H,3H2,1-2H3;1-4H3. The van der Waals surface area contributed by atoms with Crippen LogP contribution in [0.1, 0.15) is 47.0 Å². The quantitative estimate of drug-likeness (QED) is 0.111. The molecule has 2 aromatic carbocycles. The number of nitrogens with one attached hydrogen (secondary N) is 2. The molecular weight excluding hydrogens is 624 g/mol. The lowest BCUT2D eigenvalue weighted by Gasteiger charge is -2.14. The van der Waals surface area contributed by atoms with Gasteiger partial charge in [-0.15, -0.1) is 0 Å². The number of halogens is 5. The second-order valence-corrected chi connectivity index (χ2v) is 10.5. The summed E-state index contributed by atoms with van der Waals surface area (Å²) in [6, 6.07) is 7.46. The Morgan fingerprint density at radius 1 is 0.911 bits per heavy atom. The Labute approximate surface area is 266 Å². The van der Waals surface area contributed by atoms with Crippen molar-refractivity contribution in [1.29, 1.82) is 0 Å². The smallest absolute Gasteiger partial charge is 0.207 e. The number of carbonyl (C=O) groups is 4. The SMILES string of the molecule is CNC(C)CC=O.COC(C)(C)C.O=CCOc1c(F)c(F)cc(F)c1F.O=CNCCC(C=O)CCOc1ccc(Cl)cc1. The molecule has 2 N–H and O–H groups in total. The fourth-order valence-corrected chi connectivity index (χ4v) is 2.65. The number of amides is 1. The first-order chi connectivity index (χ1) is 21.2. The van der Waals surface area contributed by atoms with Crippen LogP contribution in [0.15, 0.2) is 30.3 Å². The monoisotopic (exact) mass is 666 g/mol. The highest BCUT2D eigenvalue weighted by Gasteiger charge is 2.20. The predicted molar refractivity (Wildman–Crippen MR) is 164 cm³/mol. The molecule has 0 bridgehead atoms. The lowest BCUT2D eigenvalue weighted by molar-refractivity contribution is -0.112. The van der Waals surface area contributed by atoms with E-state index in [0.29, 0.717) is 49.9 Å². The summed E-state index contributed by atoms with van der Waals surface area (Å²) in [5.74, 6) is -7.07. The van der Waals surface area contributed by atoms with Gasteiger partial charge in [0, 0.05) is 43.1 Å². The van der Waals surface area contributed by atoms with E-state index in [9.17, 15) is 36.7 Å². The molecule has 0 aliphatic heterocycles. The maximum atomic E-state index is 12.7. The largest absolute Gasteiger partial charge is 0.494 e. The molecule has 0 aliphatic carbocycles. The van der Waals surface area contributed by atoms with Crippen LogP contribution in [-0.4, -0.2) is 70.8 Å². The van der Waals surface area contributed by atoms with Crippen LogP contribution in [0.4, 0.5) is 17.6 Å². The fraction of sp³-hybridized carbons (Fsp3) is 0.484. The van der Waals surface area contributed by atoms with Crippen LogP contribution in [-0.2, 0) is 23.9 Å². The average molecular weight is 667 g/mol. The summed E-state index contributed by atoms with van der Waals surface area (Å²) in [6.07, 6.45) is 4.52. The molecule has 1 amide bonds. The fourth-order valence-electron chi connectivity index (χ4n) is 2.52. The summed E-state index contributed by atoms with van der Waals surface area (Å²) in [4.78, 5) is 40.4. The lowest BCUT2D eigenvalue weighted by atomic mass is 10.0. The molecule has 2 unspecified atom stereocenters. The van der Waals surface area contributed by atoms with E-state index in [0.717, 1.165) is 18.3 Å². The molecule has 0 spiro atoms. The van der Waals surface area contributed by atoms with Crippen molar-refractivity contribution in [2.45, 2.75) is 58.6 Å². The molecule has 2 rings (SSSR count). The van der Waals surface area contributed by atoms with Crippen molar-refractivity contribution in [3.63, 3.8) is 0 Å². The van der Waals surface area contributed by atoms with E-state index >= 15 is 0 Å². The summed E-state index contributed by atoms with van der Waals surface area (Å²) in [5, 5.41) is 6.13. The molecule has 45 heavy (non-hydrogen) atoms. The van der Waals surface area contributed by atoms with E-state index < -0.39 is 35.6 Å². The van der Waals surface area contributed by atoms with Gasteiger partial charge in [0.1, 0.15) is 24.9 Å². The first-order valence-electron chi connectivity index (χ1n) is 13.8. The highest BCUT2D eigenvalue weighted by atomic mass is 35.5. The van der Waals surface area contributed by atoms with Crippen LogP contribution in [0, 0.1) is 29.2 Å². The third kappa shape index (κ3) is 22.6. The number of hydrogen-bond acceptors (Lipinski definition) is 8. The van der Waals surface area contributed by atoms with Gasteiger partial charge in [-0.2, -0.15) is 8.78 Å². The van der Waals surface area contributed by atoms with E-state index in [1.54, 1.807) is 31.4 Å². The molecular formula is C31H43ClF4N2O7. The molecule has 0 radical (unpaired) electrons. The van der Waals surface area contributed by atoms with Crippen LogP contribution < -0.4 is 20.1 Å². The molecule has 14 heteroatoms. The first kappa shape index (κ1) is 43.6. The van der Waals surface area contributed by atoms with Crippen molar-refractivity contribution >= 4 is 36.9 Å². The van der Waals surface area contributed by atoms with Gasteiger partial charge < -0.3 is 34.4 Å². The van der Waals surface area contributed by atoms with E-state index in [1.165, 1.54) is 0 Å². The van der Waals surface area contributed by atoms with Gasteiger partial charge in [-0.25, -0.2) is 8.78 Å². The Morgan fingerprint density at radius 3 is 1.87 bits per heavy atom. The van der Waals surface area contributed by atoms with Crippen molar-refractivity contribution in [3.05, 3.63) is 58.6 Å². The van der Waals surface area contributed by atoms with E-state index in [4.69, 9.17) is 21.1 Å². The van der Waals surface area contributed by atoms with Gasteiger partial charge in [0.15, 0.2) is 23.7 Å². The predicted octanol–water partition coefficient (Wildman–Crippen LogP) is 5.50. The minimum Gasteiger partial charge on any atom is -0.494 e. The number of aldehydes is 3. The number of ether oxygens (including phenoxy) is 3. The van der Waals surface area contributed by atoms with Gasteiger partial charge in [0.25, 0.3) is 0 Å². The molecule has 0 aromatic heterocycles. The number of hydrogen-bond donors (Lipinski definition) is 2. The molecule has 254 valence electrons. The van der Waals surface area contributed by atoms with Crippen molar-refractivity contribution in [2.24, 2.45) is 5.92 Å². The minimum atomic E-state index is -1.66. The zero-order valence-corrected chi connectivity index (χ0v) is 27.1. The second-order valence-electron chi connectivity index (χ2n) is 10.0. The van der Waals surface area contributed by atoms with Crippen molar-refractivity contribution in [1.82, 2.24) is 10.6 Å². The number of benzene rings is 2. The Morgan fingerprint density at radius 2 is 1.47 bits per heavy atom. The zero-order chi connectivity index (χ0) is 34.8. The van der Waals surface area contributed by atoms with E-state index in [-0.39, 0.29) is 23.9 Å². The second kappa shape index (κ2) is 25.7. The molecule has 2 aromatic rings. The third-order valence-electron chi connectivity index (χ3n) is 5.43. The minimum absolute atomic E-state index is 0.0417. The summed E-state index contributed by atoms with van der Waals surface area (Å²) in [6.45, 7) is 8.32. The Balaban J connectivity index is 0. The van der Waals surface area contributed by atoms with Gasteiger partial charge in [0.2, 0.25) is 18.0 Å². The van der Waals surface area contributed by atoms with Gasteiger partial charge in [-0.05, 0) is 71.8 Å². The highest BCUT2D eigenvalue weighted by molar-refractivity contribution is 6.30. The van der Waals surface area contributed by atoms with Crippen LogP contribution >= 0.6 is 11.6 Å². The van der Waals surface area contributed by atoms with Gasteiger partial charge in [-0.1, -0.05) is 11.6 Å². The topological polar surface area (TPSA) is 120 Å². The van der Waals surface area contributed by atoms with Crippen molar-refractivity contribution in [2.75, 3.05) is 33.9 Å². The van der Waals surface area contributed by atoms with E-state index in [1.807, 2.05) is 34.7 Å². The highest BCUT2D eigenvalue weighted by Crippen LogP contribution is 2.26. The van der Waals surface area contributed by atoms with Gasteiger partial charge in [0.05, 0.1) is 12.2 Å². The van der Waals surface area contributed by atoms with Crippen molar-refractivity contribution < 1.29 is 51.0 Å². The van der Waals surface area contributed by atoms with Gasteiger partial charge >= 0.3 is 0 Å². The molecule has 0 heterocycles. The maximum absolute atomic E-state index is 12.7. The normalized spacial score (nSPS) is 11.4. The molecule has 0 aliphatic rings. The number of methoxy groups -OCH3 is 1. The van der Waals surface area contributed by atoms with Gasteiger partial charge in [-0.3, -0.25) is 9.59 Å². The Bertz CT molecular complexity index is 1090. The maximum Gasteiger partial charge on any atom is 0.207 e. The summed E-state index contributed by atoms with van der Waals surface area (Å²) < 4.78 is 65.1. The zero-order valence-electron chi connectivity index (χ0n) is 26.3. The van der Waals surface area contributed by atoms with Crippen LogP contribution in [0.5, 0.6) is 11.5 Å². The first-order valence-corrected chi connectivity index (χ1v) is 14.1. The van der Waals surface area contributed by atoms with E-state index in [2.05, 4.69) is 15.4 Å². The average Bonchev–Trinajstić information content (AvgIpc) is 3.01. The summed E-state index contributed by atoms with van der Waals surface area (Å²) in [7, 11) is 3.55. The Hall–Kier alpha value is -3.55. The molecule has 2 atom stereocenters. The van der Waals surface area contributed by atoms with Crippen LogP contribution in [0.25, 0.3) is 0 Å². The number of carbonyl (C=O) groups excluding carboxylic acids is 4. The molecule has 0 fully saturated rings.